The highest BCUT2D eigenvalue weighted by molar-refractivity contribution is 5.97. The summed E-state index contributed by atoms with van der Waals surface area (Å²) in [5.74, 6) is 0.623. The molecule has 0 spiro atoms. The lowest BCUT2D eigenvalue weighted by Crippen LogP contribution is -2.53. The van der Waals surface area contributed by atoms with Crippen LogP contribution in [-0.2, 0) is 4.74 Å². The zero-order valence-electron chi connectivity index (χ0n) is 14.9. The number of amides is 1. The van der Waals surface area contributed by atoms with Gasteiger partial charge in [-0.1, -0.05) is 12.1 Å². The largest absolute Gasteiger partial charge is 0.490 e. The van der Waals surface area contributed by atoms with Gasteiger partial charge in [-0.25, -0.2) is 0 Å². The van der Waals surface area contributed by atoms with Crippen LogP contribution in [-0.4, -0.2) is 79.5 Å². The maximum Gasteiger partial charge on any atom is 0.257 e. The molecule has 0 aromatic heterocycles. The van der Waals surface area contributed by atoms with Crippen molar-refractivity contribution in [3.63, 3.8) is 0 Å². The zero-order valence-corrected chi connectivity index (χ0v) is 14.9. The highest BCUT2D eigenvalue weighted by Crippen LogP contribution is 2.26. The van der Waals surface area contributed by atoms with Gasteiger partial charge < -0.3 is 19.5 Å². The van der Waals surface area contributed by atoms with Crippen LogP contribution in [0.3, 0.4) is 0 Å². The average molecular weight is 348 g/mol. The summed E-state index contributed by atoms with van der Waals surface area (Å²) in [6.45, 7) is 3.93. The van der Waals surface area contributed by atoms with Gasteiger partial charge >= 0.3 is 0 Å². The van der Waals surface area contributed by atoms with E-state index < -0.39 is 0 Å². The standard InChI is InChI=1S/C19H28N2O4/c1-24-13-14-25-18-8-3-2-5-15(18)19(23)21-11-9-20(10-12-21)16-6-4-7-17(16)22/h2-3,5,8,16-17,22H,4,6-7,9-14H2,1H3/t16-,17-/m1/s1. The maximum atomic E-state index is 12.9. The molecule has 0 unspecified atom stereocenters. The first kappa shape index (κ1) is 18.2. The number of aliphatic hydroxyl groups is 1. The number of nitrogens with zero attached hydrogens (tertiary/aromatic N) is 2. The topological polar surface area (TPSA) is 62.2 Å². The lowest BCUT2D eigenvalue weighted by Gasteiger charge is -2.39. The Morgan fingerprint density at radius 2 is 1.92 bits per heavy atom. The van der Waals surface area contributed by atoms with E-state index in [1.54, 1.807) is 7.11 Å². The zero-order chi connectivity index (χ0) is 17.6. The number of methoxy groups -OCH3 is 1. The molecule has 6 heteroatoms. The lowest BCUT2D eigenvalue weighted by molar-refractivity contribution is 0.0313. The predicted molar refractivity (Wildman–Crippen MR) is 94.9 cm³/mol. The molecule has 1 saturated heterocycles. The molecular formula is C19H28N2O4. The number of piperazine rings is 1. The van der Waals surface area contributed by atoms with Gasteiger partial charge in [-0.3, -0.25) is 9.69 Å². The van der Waals surface area contributed by atoms with E-state index in [9.17, 15) is 9.90 Å². The molecule has 2 atom stereocenters. The molecule has 1 aliphatic carbocycles. The summed E-state index contributed by atoms with van der Waals surface area (Å²) in [6, 6.07) is 7.65. The number of hydrogen-bond acceptors (Lipinski definition) is 5. The van der Waals surface area contributed by atoms with Crippen molar-refractivity contribution < 1.29 is 19.4 Å². The summed E-state index contributed by atoms with van der Waals surface area (Å²) in [4.78, 5) is 17.1. The van der Waals surface area contributed by atoms with Crippen molar-refractivity contribution >= 4 is 5.91 Å². The van der Waals surface area contributed by atoms with Crippen LogP contribution in [0.4, 0.5) is 0 Å². The van der Waals surface area contributed by atoms with Crippen LogP contribution in [0.2, 0.25) is 0 Å². The van der Waals surface area contributed by atoms with Crippen LogP contribution in [0.15, 0.2) is 24.3 Å². The molecule has 0 radical (unpaired) electrons. The third-order valence-corrected chi connectivity index (χ3v) is 5.18. The Kier molecular flexibility index (Phi) is 6.29. The Morgan fingerprint density at radius 1 is 1.16 bits per heavy atom. The summed E-state index contributed by atoms with van der Waals surface area (Å²) in [5.41, 5.74) is 0.605. The second-order valence-corrected chi connectivity index (χ2v) is 6.73. The monoisotopic (exact) mass is 348 g/mol. The molecular weight excluding hydrogens is 320 g/mol. The molecule has 1 saturated carbocycles. The fourth-order valence-electron chi connectivity index (χ4n) is 3.78. The first-order chi connectivity index (χ1) is 12.2. The Balaban J connectivity index is 1.59. The van der Waals surface area contributed by atoms with Crippen molar-refractivity contribution in [3.05, 3.63) is 29.8 Å². The molecule has 1 amide bonds. The minimum atomic E-state index is -0.211. The van der Waals surface area contributed by atoms with E-state index in [4.69, 9.17) is 9.47 Å². The van der Waals surface area contributed by atoms with Crippen LogP contribution >= 0.6 is 0 Å². The summed E-state index contributed by atoms with van der Waals surface area (Å²) >= 11 is 0. The van der Waals surface area contributed by atoms with Crippen molar-refractivity contribution in [1.29, 1.82) is 0 Å². The molecule has 138 valence electrons. The molecule has 2 aliphatic rings. The number of ether oxygens (including phenoxy) is 2. The molecule has 1 aromatic carbocycles. The van der Waals surface area contributed by atoms with Crippen LogP contribution in [0.5, 0.6) is 5.75 Å². The number of aliphatic hydroxyl groups excluding tert-OH is 1. The summed E-state index contributed by atoms with van der Waals surface area (Å²) in [5, 5.41) is 10.1. The van der Waals surface area contributed by atoms with E-state index >= 15 is 0 Å². The Hall–Kier alpha value is -1.63. The molecule has 6 nitrogen and oxygen atoms in total. The van der Waals surface area contributed by atoms with E-state index in [0.29, 0.717) is 37.6 Å². The molecule has 2 fully saturated rings. The molecule has 3 rings (SSSR count). The highest BCUT2D eigenvalue weighted by Gasteiger charge is 2.33. The van der Waals surface area contributed by atoms with Crippen molar-refractivity contribution in [2.24, 2.45) is 0 Å². The highest BCUT2D eigenvalue weighted by atomic mass is 16.5. The minimum absolute atomic E-state index is 0.0136. The van der Waals surface area contributed by atoms with Gasteiger partial charge in [-0.2, -0.15) is 0 Å². The van der Waals surface area contributed by atoms with E-state index in [1.165, 1.54) is 0 Å². The predicted octanol–water partition coefficient (Wildman–Crippen LogP) is 1.38. The quantitative estimate of drug-likeness (QED) is 0.787. The second kappa shape index (κ2) is 8.65. The molecule has 1 aliphatic heterocycles. The molecule has 1 N–H and O–H groups in total. The third kappa shape index (κ3) is 4.32. The molecule has 25 heavy (non-hydrogen) atoms. The van der Waals surface area contributed by atoms with Gasteiger partial charge in [0.15, 0.2) is 0 Å². The number of hydrogen-bond donors (Lipinski definition) is 1. The molecule has 1 aromatic rings. The van der Waals surface area contributed by atoms with Gasteiger partial charge in [-0.05, 0) is 31.4 Å². The normalized spacial score (nSPS) is 24.5. The van der Waals surface area contributed by atoms with Gasteiger partial charge in [0.1, 0.15) is 12.4 Å². The molecule has 0 bridgehead atoms. The maximum absolute atomic E-state index is 12.9. The van der Waals surface area contributed by atoms with Gasteiger partial charge in [0.25, 0.3) is 5.91 Å². The van der Waals surface area contributed by atoms with Gasteiger partial charge in [0, 0.05) is 39.3 Å². The van der Waals surface area contributed by atoms with Gasteiger partial charge in [-0.15, -0.1) is 0 Å². The minimum Gasteiger partial charge on any atom is -0.490 e. The SMILES string of the molecule is COCCOc1ccccc1C(=O)N1CCN([C@@H]2CCC[C@H]2O)CC1. The van der Waals surface area contributed by atoms with E-state index in [-0.39, 0.29) is 18.1 Å². The second-order valence-electron chi connectivity index (χ2n) is 6.73. The van der Waals surface area contributed by atoms with Crippen molar-refractivity contribution in [2.45, 2.75) is 31.4 Å². The number of rotatable bonds is 6. The first-order valence-electron chi connectivity index (χ1n) is 9.13. The summed E-state index contributed by atoms with van der Waals surface area (Å²) < 4.78 is 10.7. The average Bonchev–Trinajstić information content (AvgIpc) is 3.08. The fourth-order valence-corrected chi connectivity index (χ4v) is 3.78. The summed E-state index contributed by atoms with van der Waals surface area (Å²) in [6.07, 6.45) is 2.84. The van der Waals surface area contributed by atoms with Crippen molar-refractivity contribution in [2.75, 3.05) is 46.5 Å². The van der Waals surface area contributed by atoms with Crippen molar-refractivity contribution in [3.8, 4) is 5.75 Å². The number of para-hydroxylation sites is 1. The van der Waals surface area contributed by atoms with E-state index in [0.717, 1.165) is 32.4 Å². The third-order valence-electron chi connectivity index (χ3n) is 5.18. The Bertz CT molecular complexity index is 572. The van der Waals surface area contributed by atoms with Gasteiger partial charge in [0.2, 0.25) is 0 Å². The Labute approximate surface area is 149 Å². The number of benzene rings is 1. The van der Waals surface area contributed by atoms with Crippen LogP contribution in [0, 0.1) is 0 Å². The lowest BCUT2D eigenvalue weighted by atomic mass is 10.1. The van der Waals surface area contributed by atoms with Crippen LogP contribution < -0.4 is 4.74 Å². The van der Waals surface area contributed by atoms with E-state index in [2.05, 4.69) is 4.90 Å². The molecule has 1 heterocycles. The van der Waals surface area contributed by atoms with Crippen LogP contribution in [0.1, 0.15) is 29.6 Å². The van der Waals surface area contributed by atoms with Crippen LogP contribution in [0.25, 0.3) is 0 Å². The summed E-state index contributed by atoms with van der Waals surface area (Å²) in [7, 11) is 1.63. The Morgan fingerprint density at radius 3 is 2.60 bits per heavy atom. The first-order valence-corrected chi connectivity index (χ1v) is 9.13. The fraction of sp³-hybridized carbons (Fsp3) is 0.632. The number of carbonyl (C=O) groups excluding carboxylic acids is 1. The number of carbonyl (C=O) groups is 1. The van der Waals surface area contributed by atoms with Crippen molar-refractivity contribution in [1.82, 2.24) is 9.80 Å². The van der Waals surface area contributed by atoms with Gasteiger partial charge in [0.05, 0.1) is 18.3 Å². The van der Waals surface area contributed by atoms with E-state index in [1.807, 2.05) is 29.2 Å². The smallest absolute Gasteiger partial charge is 0.257 e.